The van der Waals surface area contributed by atoms with Crippen LogP contribution in [0.25, 0.3) is 0 Å². The number of alkyl halides is 2. The van der Waals surface area contributed by atoms with Gasteiger partial charge in [0.05, 0.1) is 24.3 Å². The van der Waals surface area contributed by atoms with Gasteiger partial charge in [0.25, 0.3) is 0 Å². The molecule has 160 valence electrons. The van der Waals surface area contributed by atoms with Crippen molar-refractivity contribution in [1.82, 2.24) is 15.0 Å². The van der Waals surface area contributed by atoms with E-state index in [1.807, 2.05) is 19.9 Å². The van der Waals surface area contributed by atoms with Crippen LogP contribution in [0.3, 0.4) is 0 Å². The number of halogens is 2. The van der Waals surface area contributed by atoms with Gasteiger partial charge in [-0.15, -0.1) is 0 Å². The van der Waals surface area contributed by atoms with Gasteiger partial charge in [0, 0.05) is 18.0 Å². The van der Waals surface area contributed by atoms with Gasteiger partial charge >= 0.3 is 6.03 Å². The van der Waals surface area contributed by atoms with Gasteiger partial charge in [0.15, 0.2) is 0 Å². The number of rotatable bonds is 10. The number of ether oxygens (including phenoxy) is 1. The zero-order chi connectivity index (χ0) is 21.9. The highest BCUT2D eigenvalue weighted by Crippen LogP contribution is 2.34. The SMILES string of the molecule is CCCCON(CCC)C(=O)Nc1ccc(C#N)c(Oc2ncncc2C(Cl)Cl)c1. The Morgan fingerprint density at radius 1 is 1.33 bits per heavy atom. The first-order valence-corrected chi connectivity index (χ1v) is 10.4. The molecule has 1 aromatic heterocycles. The Balaban J connectivity index is 2.21. The molecule has 1 heterocycles. The van der Waals surface area contributed by atoms with E-state index >= 15 is 0 Å². The van der Waals surface area contributed by atoms with E-state index in [1.54, 1.807) is 6.07 Å². The summed E-state index contributed by atoms with van der Waals surface area (Å²) in [6, 6.07) is 6.29. The molecule has 8 nitrogen and oxygen atoms in total. The molecule has 0 atom stereocenters. The summed E-state index contributed by atoms with van der Waals surface area (Å²) in [6.07, 6.45) is 5.28. The smallest absolute Gasteiger partial charge is 0.345 e. The molecular formula is C20H23Cl2N5O3. The molecule has 1 aromatic carbocycles. The number of aromatic nitrogens is 2. The molecule has 2 amide bonds. The van der Waals surface area contributed by atoms with E-state index in [0.29, 0.717) is 24.4 Å². The highest BCUT2D eigenvalue weighted by Gasteiger charge is 2.18. The van der Waals surface area contributed by atoms with Gasteiger partial charge in [-0.05, 0) is 25.0 Å². The van der Waals surface area contributed by atoms with Gasteiger partial charge in [-0.2, -0.15) is 5.26 Å². The lowest BCUT2D eigenvalue weighted by Gasteiger charge is -2.22. The number of hydrogen-bond acceptors (Lipinski definition) is 6. The number of anilines is 1. The molecule has 0 unspecified atom stereocenters. The summed E-state index contributed by atoms with van der Waals surface area (Å²) < 4.78 is 5.76. The van der Waals surface area contributed by atoms with Gasteiger partial charge < -0.3 is 10.1 Å². The summed E-state index contributed by atoms with van der Waals surface area (Å²) in [5.41, 5.74) is 1.04. The minimum atomic E-state index is -0.905. The zero-order valence-corrected chi connectivity index (χ0v) is 18.3. The average Bonchev–Trinajstić information content (AvgIpc) is 2.73. The highest BCUT2D eigenvalue weighted by molar-refractivity contribution is 6.44. The van der Waals surface area contributed by atoms with Crippen molar-refractivity contribution >= 4 is 34.9 Å². The molecular weight excluding hydrogens is 429 g/mol. The number of hydroxylamine groups is 2. The quantitative estimate of drug-likeness (QED) is 0.286. The molecule has 0 aliphatic heterocycles. The van der Waals surface area contributed by atoms with Crippen LogP contribution in [-0.2, 0) is 4.84 Å². The van der Waals surface area contributed by atoms with Crippen LogP contribution in [0.2, 0.25) is 0 Å². The third-order valence-corrected chi connectivity index (χ3v) is 4.37. The second-order valence-corrected chi connectivity index (χ2v) is 7.32. The van der Waals surface area contributed by atoms with Crippen molar-refractivity contribution in [2.45, 2.75) is 37.9 Å². The molecule has 0 bridgehead atoms. The molecule has 0 fully saturated rings. The van der Waals surface area contributed by atoms with Crippen molar-refractivity contribution in [3.8, 4) is 17.7 Å². The van der Waals surface area contributed by atoms with Crippen LogP contribution < -0.4 is 10.1 Å². The Morgan fingerprint density at radius 3 is 2.80 bits per heavy atom. The summed E-state index contributed by atoms with van der Waals surface area (Å²) in [5.74, 6) is 0.314. The fourth-order valence-electron chi connectivity index (χ4n) is 2.38. The largest absolute Gasteiger partial charge is 0.437 e. The average molecular weight is 452 g/mol. The predicted molar refractivity (Wildman–Crippen MR) is 115 cm³/mol. The molecule has 10 heteroatoms. The van der Waals surface area contributed by atoms with Crippen molar-refractivity contribution in [3.05, 3.63) is 41.9 Å². The van der Waals surface area contributed by atoms with E-state index in [4.69, 9.17) is 32.8 Å². The van der Waals surface area contributed by atoms with Crippen molar-refractivity contribution < 1.29 is 14.4 Å². The van der Waals surface area contributed by atoms with Gasteiger partial charge in [-0.25, -0.2) is 19.8 Å². The van der Waals surface area contributed by atoms with Gasteiger partial charge in [0.1, 0.15) is 23.0 Å². The third-order valence-electron chi connectivity index (χ3n) is 3.90. The summed E-state index contributed by atoms with van der Waals surface area (Å²) in [5, 5.41) is 13.4. The van der Waals surface area contributed by atoms with Crippen LogP contribution >= 0.6 is 23.2 Å². The normalized spacial score (nSPS) is 10.5. The Morgan fingerprint density at radius 2 is 2.13 bits per heavy atom. The number of carbonyl (C=O) groups is 1. The van der Waals surface area contributed by atoms with Crippen LogP contribution in [0.4, 0.5) is 10.5 Å². The van der Waals surface area contributed by atoms with Gasteiger partial charge in [0.2, 0.25) is 5.88 Å². The number of amides is 2. The number of unbranched alkanes of at least 4 members (excludes halogenated alkanes) is 1. The minimum Gasteiger partial charge on any atom is -0.437 e. The van der Waals surface area contributed by atoms with Crippen molar-refractivity contribution in [3.63, 3.8) is 0 Å². The molecule has 2 aromatic rings. The molecule has 0 aliphatic carbocycles. The Kier molecular flexibility index (Phi) is 9.61. The molecule has 2 rings (SSSR count). The Hall–Kier alpha value is -2.60. The molecule has 0 spiro atoms. The van der Waals surface area contributed by atoms with Crippen LogP contribution in [-0.4, -0.2) is 34.2 Å². The van der Waals surface area contributed by atoms with Crippen LogP contribution in [0.15, 0.2) is 30.7 Å². The minimum absolute atomic E-state index is 0.121. The van der Waals surface area contributed by atoms with Crippen molar-refractivity contribution in [1.29, 1.82) is 5.26 Å². The summed E-state index contributed by atoms with van der Waals surface area (Å²) in [7, 11) is 0. The fraction of sp³-hybridized carbons (Fsp3) is 0.400. The maximum Gasteiger partial charge on any atom is 0.345 e. The second-order valence-electron chi connectivity index (χ2n) is 6.23. The number of urea groups is 1. The topological polar surface area (TPSA) is 100 Å². The molecule has 0 aliphatic rings. The standard InChI is InChI=1S/C20H23Cl2N5O3/c1-3-5-9-29-27(8-4-2)20(28)26-15-7-6-14(11-23)17(10-15)30-19-16(18(21)22)12-24-13-25-19/h6-7,10,12-13,18H,3-5,8-9H2,1-2H3,(H,26,28). The van der Waals surface area contributed by atoms with Gasteiger partial charge in [-0.1, -0.05) is 43.5 Å². The van der Waals surface area contributed by atoms with E-state index in [-0.39, 0.29) is 17.2 Å². The molecule has 30 heavy (non-hydrogen) atoms. The maximum absolute atomic E-state index is 12.6. The first-order valence-electron chi connectivity index (χ1n) is 9.51. The Bertz CT molecular complexity index is 889. The monoisotopic (exact) mass is 451 g/mol. The summed E-state index contributed by atoms with van der Waals surface area (Å²) in [6.45, 7) is 4.91. The molecule has 1 N–H and O–H groups in total. The number of nitriles is 1. The first-order chi connectivity index (χ1) is 14.5. The molecule has 0 saturated heterocycles. The first kappa shape index (κ1) is 23.7. The number of nitrogens with zero attached hydrogens (tertiary/aromatic N) is 4. The lowest BCUT2D eigenvalue weighted by molar-refractivity contribution is -0.114. The third kappa shape index (κ3) is 6.73. The lowest BCUT2D eigenvalue weighted by atomic mass is 10.2. The Labute approximate surface area is 185 Å². The van der Waals surface area contributed by atoms with E-state index in [2.05, 4.69) is 15.3 Å². The van der Waals surface area contributed by atoms with Crippen LogP contribution in [0.1, 0.15) is 49.1 Å². The molecule has 0 saturated carbocycles. The maximum atomic E-state index is 12.6. The van der Waals surface area contributed by atoms with E-state index in [9.17, 15) is 10.1 Å². The number of carbonyl (C=O) groups excluding carboxylic acids is 1. The summed E-state index contributed by atoms with van der Waals surface area (Å²) in [4.78, 5) is 25.2. The van der Waals surface area contributed by atoms with E-state index in [0.717, 1.165) is 19.3 Å². The number of benzene rings is 1. The second kappa shape index (κ2) is 12.2. The molecule has 0 radical (unpaired) electrons. The highest BCUT2D eigenvalue weighted by atomic mass is 35.5. The predicted octanol–water partition coefficient (Wildman–Crippen LogP) is 5.59. The van der Waals surface area contributed by atoms with Crippen LogP contribution in [0, 0.1) is 11.3 Å². The number of hydrogen-bond donors (Lipinski definition) is 1. The van der Waals surface area contributed by atoms with Gasteiger partial charge in [-0.3, -0.25) is 4.84 Å². The van der Waals surface area contributed by atoms with E-state index < -0.39 is 10.9 Å². The summed E-state index contributed by atoms with van der Waals surface area (Å²) >= 11 is 11.9. The van der Waals surface area contributed by atoms with Crippen molar-refractivity contribution in [2.75, 3.05) is 18.5 Å². The van der Waals surface area contributed by atoms with Crippen LogP contribution in [0.5, 0.6) is 11.6 Å². The van der Waals surface area contributed by atoms with E-state index in [1.165, 1.54) is 29.7 Å². The number of nitrogens with one attached hydrogen (secondary N) is 1. The van der Waals surface area contributed by atoms with Crippen molar-refractivity contribution in [2.24, 2.45) is 0 Å². The lowest BCUT2D eigenvalue weighted by Crippen LogP contribution is -2.36. The zero-order valence-electron chi connectivity index (χ0n) is 16.8. The fourth-order valence-corrected chi connectivity index (χ4v) is 2.68.